The van der Waals surface area contributed by atoms with Crippen molar-refractivity contribution < 1.29 is 9.53 Å². The third-order valence-corrected chi connectivity index (χ3v) is 5.63. The van der Waals surface area contributed by atoms with Crippen molar-refractivity contribution >= 4 is 17.7 Å². The molecule has 2 aromatic carbocycles. The summed E-state index contributed by atoms with van der Waals surface area (Å²) in [4.78, 5) is 14.6. The quantitative estimate of drug-likeness (QED) is 0.495. The van der Waals surface area contributed by atoms with Gasteiger partial charge in [0.05, 0.1) is 22.2 Å². The molecule has 0 saturated heterocycles. The summed E-state index contributed by atoms with van der Waals surface area (Å²) < 4.78 is 7.63. The Morgan fingerprint density at radius 1 is 1.04 bits per heavy atom. The highest BCUT2D eigenvalue weighted by Crippen LogP contribution is 2.39. The second kappa shape index (κ2) is 8.91. The van der Waals surface area contributed by atoms with Gasteiger partial charge in [0, 0.05) is 4.90 Å². The molecule has 0 aliphatic carbocycles. The first kappa shape index (κ1) is 19.2. The van der Waals surface area contributed by atoms with Gasteiger partial charge in [-0.3, -0.25) is 4.79 Å². The number of aryl methyl sites for hydroxylation is 1. The maximum absolute atomic E-state index is 12.7. The molecule has 0 amide bonds. The van der Waals surface area contributed by atoms with Gasteiger partial charge in [-0.2, -0.15) is 9.78 Å². The van der Waals surface area contributed by atoms with Crippen molar-refractivity contribution in [2.75, 3.05) is 0 Å². The normalized spacial score (nSPS) is 11.0. The minimum atomic E-state index is -0.202. The van der Waals surface area contributed by atoms with Crippen LogP contribution in [0.3, 0.4) is 0 Å². The molecule has 0 atom stereocenters. The number of aromatic nitrogens is 2. The van der Waals surface area contributed by atoms with Crippen LogP contribution in [0, 0.1) is 12.8 Å². The first-order valence-electron chi connectivity index (χ1n) is 9.23. The van der Waals surface area contributed by atoms with Gasteiger partial charge < -0.3 is 4.74 Å². The minimum Gasteiger partial charge on any atom is -0.406 e. The molecule has 0 aliphatic rings. The summed E-state index contributed by atoms with van der Waals surface area (Å²) in [6.45, 7) is 5.96. The summed E-state index contributed by atoms with van der Waals surface area (Å²) in [6.07, 6.45) is 1.52. The van der Waals surface area contributed by atoms with Gasteiger partial charge in [0.15, 0.2) is 0 Å². The first-order valence-corrected chi connectivity index (χ1v) is 10.0. The molecule has 4 nitrogen and oxygen atoms in total. The Morgan fingerprint density at radius 3 is 2.22 bits per heavy atom. The number of ether oxygens (including phenoxy) is 1. The van der Waals surface area contributed by atoms with E-state index in [0.717, 1.165) is 34.0 Å². The minimum absolute atomic E-state index is 0.112. The zero-order chi connectivity index (χ0) is 19.2. The van der Waals surface area contributed by atoms with Crippen LogP contribution in [0.4, 0.5) is 0 Å². The van der Waals surface area contributed by atoms with Crippen LogP contribution in [0.5, 0.6) is 5.88 Å². The predicted octanol–water partition coefficient (Wildman–Crippen LogP) is 5.67. The molecule has 140 valence electrons. The number of rotatable bonds is 7. The van der Waals surface area contributed by atoms with E-state index in [2.05, 4.69) is 5.10 Å². The van der Waals surface area contributed by atoms with Gasteiger partial charge in [0.1, 0.15) is 0 Å². The van der Waals surface area contributed by atoms with Crippen molar-refractivity contribution in [1.82, 2.24) is 9.78 Å². The maximum atomic E-state index is 12.7. The molecule has 3 rings (SSSR count). The molecular weight excluding hydrogens is 356 g/mol. The lowest BCUT2D eigenvalue weighted by atomic mass is 10.0. The summed E-state index contributed by atoms with van der Waals surface area (Å²) in [6, 6.07) is 19.8. The van der Waals surface area contributed by atoms with Gasteiger partial charge in [-0.05, 0) is 44.0 Å². The van der Waals surface area contributed by atoms with Crippen LogP contribution < -0.4 is 4.74 Å². The van der Waals surface area contributed by atoms with E-state index in [4.69, 9.17) is 4.74 Å². The second-order valence-corrected chi connectivity index (χ2v) is 7.40. The van der Waals surface area contributed by atoms with E-state index < -0.39 is 0 Å². The van der Waals surface area contributed by atoms with Gasteiger partial charge in [-0.15, -0.1) is 0 Å². The van der Waals surface area contributed by atoms with Crippen molar-refractivity contribution in [3.8, 4) is 11.6 Å². The number of esters is 1. The number of nitrogens with zero attached hydrogens (tertiary/aromatic N) is 2. The Kier molecular flexibility index (Phi) is 6.35. The Morgan fingerprint density at radius 2 is 1.63 bits per heavy atom. The summed E-state index contributed by atoms with van der Waals surface area (Å²) >= 11 is 1.56. The van der Waals surface area contributed by atoms with E-state index >= 15 is 0 Å². The SMILES string of the molecule is CCC(CC)C(=O)Oc1c(Sc2ccccc2)c(C)nn1-c1ccccc1. The van der Waals surface area contributed by atoms with Crippen molar-refractivity contribution in [2.24, 2.45) is 5.92 Å². The molecule has 0 radical (unpaired) electrons. The lowest BCUT2D eigenvalue weighted by Crippen LogP contribution is -2.21. The van der Waals surface area contributed by atoms with E-state index in [1.807, 2.05) is 81.4 Å². The molecule has 0 fully saturated rings. The monoisotopic (exact) mass is 380 g/mol. The number of carbonyl (C=O) groups is 1. The van der Waals surface area contributed by atoms with Gasteiger partial charge in [-0.25, -0.2) is 0 Å². The molecule has 0 bridgehead atoms. The predicted molar refractivity (Wildman–Crippen MR) is 109 cm³/mol. The summed E-state index contributed by atoms with van der Waals surface area (Å²) in [5.74, 6) is 0.176. The molecule has 0 spiro atoms. The largest absolute Gasteiger partial charge is 0.406 e. The number of benzene rings is 2. The van der Waals surface area contributed by atoms with Crippen molar-refractivity contribution in [2.45, 2.75) is 43.4 Å². The lowest BCUT2D eigenvalue weighted by molar-refractivity contribution is -0.139. The van der Waals surface area contributed by atoms with Crippen LogP contribution in [-0.2, 0) is 4.79 Å². The lowest BCUT2D eigenvalue weighted by Gasteiger charge is -2.14. The molecule has 0 aliphatic heterocycles. The van der Waals surface area contributed by atoms with Crippen LogP contribution in [0.15, 0.2) is 70.5 Å². The van der Waals surface area contributed by atoms with Gasteiger partial charge in [-0.1, -0.05) is 62.0 Å². The summed E-state index contributed by atoms with van der Waals surface area (Å²) in [5.41, 5.74) is 1.70. The van der Waals surface area contributed by atoms with Crippen LogP contribution in [0.25, 0.3) is 5.69 Å². The maximum Gasteiger partial charge on any atom is 0.315 e. The number of para-hydroxylation sites is 1. The van der Waals surface area contributed by atoms with E-state index in [1.165, 1.54) is 0 Å². The van der Waals surface area contributed by atoms with E-state index in [0.29, 0.717) is 5.88 Å². The molecule has 27 heavy (non-hydrogen) atoms. The topological polar surface area (TPSA) is 44.1 Å². The van der Waals surface area contributed by atoms with Crippen molar-refractivity contribution in [1.29, 1.82) is 0 Å². The van der Waals surface area contributed by atoms with Gasteiger partial charge in [0.25, 0.3) is 0 Å². The Bertz CT molecular complexity index is 887. The molecule has 0 saturated carbocycles. The molecule has 1 aromatic heterocycles. The fraction of sp³-hybridized carbons (Fsp3) is 0.273. The molecular formula is C22H24N2O2S. The van der Waals surface area contributed by atoms with Crippen molar-refractivity contribution in [3.05, 3.63) is 66.4 Å². The van der Waals surface area contributed by atoms with Gasteiger partial charge in [0.2, 0.25) is 5.88 Å². The van der Waals surface area contributed by atoms with E-state index in [1.54, 1.807) is 16.4 Å². The van der Waals surface area contributed by atoms with Crippen LogP contribution in [0.1, 0.15) is 32.4 Å². The average Bonchev–Trinajstić information content (AvgIpc) is 3.00. The highest BCUT2D eigenvalue weighted by molar-refractivity contribution is 7.99. The fourth-order valence-electron chi connectivity index (χ4n) is 2.85. The third-order valence-electron chi connectivity index (χ3n) is 4.45. The standard InChI is InChI=1S/C22H24N2O2S/c1-4-17(5-2)22(25)26-21-20(27-19-14-10-7-11-15-19)16(3)23-24(21)18-12-8-6-9-13-18/h6-15,17H,4-5H2,1-3H3. The third kappa shape index (κ3) is 4.42. The number of hydrogen-bond donors (Lipinski definition) is 0. The summed E-state index contributed by atoms with van der Waals surface area (Å²) in [7, 11) is 0. The van der Waals surface area contributed by atoms with E-state index in [-0.39, 0.29) is 11.9 Å². The van der Waals surface area contributed by atoms with Gasteiger partial charge >= 0.3 is 5.97 Å². The molecule has 0 unspecified atom stereocenters. The second-order valence-electron chi connectivity index (χ2n) is 6.32. The molecule has 1 heterocycles. The van der Waals surface area contributed by atoms with Crippen molar-refractivity contribution in [3.63, 3.8) is 0 Å². The van der Waals surface area contributed by atoms with Crippen LogP contribution in [-0.4, -0.2) is 15.7 Å². The highest BCUT2D eigenvalue weighted by atomic mass is 32.2. The number of hydrogen-bond acceptors (Lipinski definition) is 4. The zero-order valence-corrected chi connectivity index (χ0v) is 16.7. The molecule has 3 aromatic rings. The van der Waals surface area contributed by atoms with Crippen LogP contribution in [0.2, 0.25) is 0 Å². The zero-order valence-electron chi connectivity index (χ0n) is 15.9. The highest BCUT2D eigenvalue weighted by Gasteiger charge is 2.24. The first-order chi connectivity index (χ1) is 13.1. The van der Waals surface area contributed by atoms with E-state index in [9.17, 15) is 4.79 Å². The van der Waals surface area contributed by atoms with Crippen LogP contribution >= 0.6 is 11.8 Å². The Balaban J connectivity index is 2.04. The molecule has 0 N–H and O–H groups in total. The molecule has 5 heteroatoms. The summed E-state index contributed by atoms with van der Waals surface area (Å²) in [5, 5.41) is 4.66. The number of carbonyl (C=O) groups excluding carboxylic acids is 1. The smallest absolute Gasteiger partial charge is 0.315 e. The Labute approximate surface area is 164 Å². The average molecular weight is 381 g/mol. The Hall–Kier alpha value is -2.53. The fourth-order valence-corrected chi connectivity index (χ4v) is 3.78.